The summed E-state index contributed by atoms with van der Waals surface area (Å²) in [5.74, 6) is -1.73. The van der Waals surface area contributed by atoms with Crippen LogP contribution in [-0.4, -0.2) is 27.0 Å². The van der Waals surface area contributed by atoms with Crippen molar-refractivity contribution in [1.29, 1.82) is 0 Å². The molecule has 0 aromatic heterocycles. The molecule has 1 aromatic rings. The molecule has 0 aliphatic rings. The number of hydrogen-bond acceptors (Lipinski definition) is 3. The van der Waals surface area contributed by atoms with Gasteiger partial charge in [-0.25, -0.2) is 12.8 Å². The monoisotopic (exact) mass is 327 g/mol. The molecule has 3 nitrogen and oxygen atoms in total. The highest BCUT2D eigenvalue weighted by atomic mass is 32.2. The zero-order chi connectivity index (χ0) is 16.3. The molecule has 0 saturated carbocycles. The molecule has 8 heteroatoms. The summed E-state index contributed by atoms with van der Waals surface area (Å²) in [5, 5.41) is 2.87. The van der Waals surface area contributed by atoms with Gasteiger partial charge in [0.05, 0.1) is 11.3 Å². The maximum Gasteiger partial charge on any atom is 0.419 e. The third-order valence-electron chi connectivity index (χ3n) is 2.81. The fourth-order valence-corrected chi connectivity index (χ4v) is 2.79. The molecule has 0 aliphatic heterocycles. The topological polar surface area (TPSA) is 46.2 Å². The summed E-state index contributed by atoms with van der Waals surface area (Å²) in [6.45, 7) is 2.29. The van der Waals surface area contributed by atoms with E-state index < -0.39 is 33.4 Å². The molecule has 120 valence electrons. The second-order valence-electron chi connectivity index (χ2n) is 4.84. The average molecular weight is 327 g/mol. The Morgan fingerprint density at radius 3 is 2.38 bits per heavy atom. The lowest BCUT2D eigenvalue weighted by Crippen LogP contribution is -2.29. The summed E-state index contributed by atoms with van der Waals surface area (Å²) < 4.78 is 74.2. The molecule has 1 unspecified atom stereocenters. The SMILES string of the molecule is CCCNC(CS(C)(=O)=O)c1ccc(F)c(C(F)(F)F)c1. The van der Waals surface area contributed by atoms with Crippen LogP contribution in [0.4, 0.5) is 17.6 Å². The molecule has 1 N–H and O–H groups in total. The van der Waals surface area contributed by atoms with Gasteiger partial charge >= 0.3 is 6.18 Å². The molecule has 0 amide bonds. The summed E-state index contributed by atoms with van der Waals surface area (Å²) in [6, 6.07) is 1.74. The van der Waals surface area contributed by atoms with Crippen LogP contribution in [0.2, 0.25) is 0 Å². The number of halogens is 4. The van der Waals surface area contributed by atoms with E-state index in [0.29, 0.717) is 25.1 Å². The lowest BCUT2D eigenvalue weighted by molar-refractivity contribution is -0.140. The smallest absolute Gasteiger partial charge is 0.309 e. The molecule has 0 aliphatic carbocycles. The van der Waals surface area contributed by atoms with Crippen LogP contribution in [0.5, 0.6) is 0 Å². The highest BCUT2D eigenvalue weighted by Crippen LogP contribution is 2.33. The van der Waals surface area contributed by atoms with E-state index in [1.165, 1.54) is 6.07 Å². The van der Waals surface area contributed by atoms with E-state index in [1.54, 1.807) is 0 Å². The summed E-state index contributed by atoms with van der Waals surface area (Å²) in [7, 11) is -3.40. The van der Waals surface area contributed by atoms with Crippen LogP contribution in [0.25, 0.3) is 0 Å². The fraction of sp³-hybridized carbons (Fsp3) is 0.538. The molecular formula is C13H17F4NO2S. The Morgan fingerprint density at radius 1 is 1.29 bits per heavy atom. The van der Waals surface area contributed by atoms with E-state index in [1.807, 2.05) is 6.92 Å². The molecule has 0 saturated heterocycles. The van der Waals surface area contributed by atoms with E-state index in [-0.39, 0.29) is 11.3 Å². The first-order valence-corrected chi connectivity index (χ1v) is 8.38. The van der Waals surface area contributed by atoms with Crippen molar-refractivity contribution in [2.24, 2.45) is 0 Å². The Morgan fingerprint density at radius 2 is 1.90 bits per heavy atom. The van der Waals surface area contributed by atoms with Gasteiger partial charge in [0, 0.05) is 12.3 Å². The Balaban J connectivity index is 3.18. The Kier molecular flexibility index (Phi) is 5.75. The molecule has 1 atom stereocenters. The van der Waals surface area contributed by atoms with Gasteiger partial charge in [-0.1, -0.05) is 13.0 Å². The Bertz CT molecular complexity index is 584. The third-order valence-corrected chi connectivity index (χ3v) is 3.75. The van der Waals surface area contributed by atoms with E-state index in [9.17, 15) is 26.0 Å². The van der Waals surface area contributed by atoms with Crippen molar-refractivity contribution in [1.82, 2.24) is 5.32 Å². The fourth-order valence-electron chi connectivity index (χ4n) is 1.87. The van der Waals surface area contributed by atoms with Crippen molar-refractivity contribution >= 4 is 9.84 Å². The van der Waals surface area contributed by atoms with Gasteiger partial charge in [0.15, 0.2) is 0 Å². The van der Waals surface area contributed by atoms with Crippen LogP contribution in [0, 0.1) is 5.82 Å². The highest BCUT2D eigenvalue weighted by molar-refractivity contribution is 7.90. The molecule has 0 radical (unpaired) electrons. The summed E-state index contributed by atoms with van der Waals surface area (Å²) in [4.78, 5) is 0. The first-order valence-electron chi connectivity index (χ1n) is 6.32. The second kappa shape index (κ2) is 6.74. The second-order valence-corrected chi connectivity index (χ2v) is 7.02. The van der Waals surface area contributed by atoms with Crippen molar-refractivity contribution < 1.29 is 26.0 Å². The molecule has 21 heavy (non-hydrogen) atoms. The lowest BCUT2D eigenvalue weighted by atomic mass is 10.0. The van der Waals surface area contributed by atoms with Crippen LogP contribution >= 0.6 is 0 Å². The predicted molar refractivity (Wildman–Crippen MR) is 72.1 cm³/mol. The minimum absolute atomic E-state index is 0.0996. The van der Waals surface area contributed by atoms with E-state index in [4.69, 9.17) is 0 Å². The van der Waals surface area contributed by atoms with E-state index in [2.05, 4.69) is 5.32 Å². The van der Waals surface area contributed by atoms with Gasteiger partial charge in [-0.2, -0.15) is 13.2 Å². The molecular weight excluding hydrogens is 310 g/mol. The van der Waals surface area contributed by atoms with Crippen LogP contribution in [0.15, 0.2) is 18.2 Å². The third kappa shape index (κ3) is 5.62. The lowest BCUT2D eigenvalue weighted by Gasteiger charge is -2.19. The van der Waals surface area contributed by atoms with Crippen LogP contribution < -0.4 is 5.32 Å². The molecule has 0 fully saturated rings. The minimum atomic E-state index is -4.82. The minimum Gasteiger partial charge on any atom is -0.309 e. The number of nitrogens with one attached hydrogen (secondary N) is 1. The van der Waals surface area contributed by atoms with Gasteiger partial charge in [-0.3, -0.25) is 0 Å². The molecule has 0 spiro atoms. The first-order chi connectivity index (χ1) is 9.54. The number of sulfone groups is 1. The van der Waals surface area contributed by atoms with Crippen molar-refractivity contribution in [3.05, 3.63) is 35.1 Å². The van der Waals surface area contributed by atoms with E-state index in [0.717, 1.165) is 6.26 Å². The Labute approximate surface area is 121 Å². The standard InChI is InChI=1S/C13H17F4NO2S/c1-3-6-18-12(8-21(2,19)20)9-4-5-11(14)10(7-9)13(15,16)17/h4-5,7,12,18H,3,6,8H2,1-2H3. The summed E-state index contributed by atoms with van der Waals surface area (Å²) >= 11 is 0. The Hall–Kier alpha value is -1.15. The predicted octanol–water partition coefficient (Wildman–Crippen LogP) is 2.93. The molecule has 1 rings (SSSR count). The van der Waals surface area contributed by atoms with Crippen molar-refractivity contribution in [3.63, 3.8) is 0 Å². The van der Waals surface area contributed by atoms with Crippen molar-refractivity contribution in [3.8, 4) is 0 Å². The highest BCUT2D eigenvalue weighted by Gasteiger charge is 2.34. The van der Waals surface area contributed by atoms with Gasteiger partial charge in [0.2, 0.25) is 0 Å². The van der Waals surface area contributed by atoms with Gasteiger partial charge < -0.3 is 5.32 Å². The van der Waals surface area contributed by atoms with Crippen molar-refractivity contribution in [2.45, 2.75) is 25.6 Å². The number of hydrogen-bond donors (Lipinski definition) is 1. The summed E-state index contributed by atoms with van der Waals surface area (Å²) in [5.41, 5.74) is -1.29. The van der Waals surface area contributed by atoms with Crippen LogP contribution in [-0.2, 0) is 16.0 Å². The van der Waals surface area contributed by atoms with Crippen molar-refractivity contribution in [2.75, 3.05) is 18.6 Å². The molecule has 0 bridgehead atoms. The number of rotatable bonds is 6. The average Bonchev–Trinajstić information content (AvgIpc) is 2.32. The quantitative estimate of drug-likeness (QED) is 0.817. The largest absolute Gasteiger partial charge is 0.419 e. The molecule has 1 aromatic carbocycles. The van der Waals surface area contributed by atoms with Crippen LogP contribution in [0.3, 0.4) is 0 Å². The summed E-state index contributed by atoms with van der Waals surface area (Å²) in [6.07, 6.45) is -3.13. The van der Waals surface area contributed by atoms with Crippen LogP contribution in [0.1, 0.15) is 30.5 Å². The van der Waals surface area contributed by atoms with Gasteiger partial charge in [-0.05, 0) is 30.7 Å². The van der Waals surface area contributed by atoms with Gasteiger partial charge in [0.1, 0.15) is 15.7 Å². The maximum atomic E-state index is 13.3. The number of benzene rings is 1. The molecule has 0 heterocycles. The zero-order valence-electron chi connectivity index (χ0n) is 11.7. The number of alkyl halides is 3. The van der Waals surface area contributed by atoms with Gasteiger partial charge in [0.25, 0.3) is 0 Å². The normalized spacial score (nSPS) is 14.2. The van der Waals surface area contributed by atoms with Gasteiger partial charge in [-0.15, -0.1) is 0 Å². The van der Waals surface area contributed by atoms with E-state index >= 15 is 0 Å². The maximum absolute atomic E-state index is 13.3. The zero-order valence-corrected chi connectivity index (χ0v) is 12.5. The first kappa shape index (κ1) is 17.9.